The Morgan fingerprint density at radius 3 is 2.88 bits per heavy atom. The zero-order valence-electron chi connectivity index (χ0n) is 17.5. The molecule has 0 aliphatic carbocycles. The van der Waals surface area contributed by atoms with E-state index in [1.165, 1.54) is 11.3 Å². The molecule has 4 rings (SSSR count). The van der Waals surface area contributed by atoms with Gasteiger partial charge in [-0.1, -0.05) is 30.7 Å². The third-order valence-electron chi connectivity index (χ3n) is 5.13. The summed E-state index contributed by atoms with van der Waals surface area (Å²) in [5.41, 5.74) is 4.56. The Kier molecular flexibility index (Phi) is 6.35. The number of pyridine rings is 1. The summed E-state index contributed by atoms with van der Waals surface area (Å²) in [5, 5.41) is 19.0. The van der Waals surface area contributed by atoms with Crippen molar-refractivity contribution < 1.29 is 4.79 Å². The maximum absolute atomic E-state index is 12.6. The quantitative estimate of drug-likeness (QED) is 0.387. The number of thiophene rings is 1. The first-order valence-electron chi connectivity index (χ1n) is 10.00. The average Bonchev–Trinajstić information content (AvgIpc) is 3.47. The first-order chi connectivity index (χ1) is 15.5. The molecule has 3 heterocycles. The summed E-state index contributed by atoms with van der Waals surface area (Å²) in [6, 6.07) is 14.8. The minimum absolute atomic E-state index is 0.00541. The van der Waals surface area contributed by atoms with Gasteiger partial charge in [-0.2, -0.15) is 10.4 Å². The number of aromatic nitrogens is 3. The van der Waals surface area contributed by atoms with Crippen molar-refractivity contribution in [3.8, 4) is 17.3 Å². The van der Waals surface area contributed by atoms with Gasteiger partial charge in [0.2, 0.25) is 0 Å². The molecule has 4 aromatic rings. The molecular formula is C24H20ClN5OS. The van der Waals surface area contributed by atoms with Gasteiger partial charge in [0.05, 0.1) is 32.5 Å². The van der Waals surface area contributed by atoms with Gasteiger partial charge in [-0.05, 0) is 48.2 Å². The normalized spacial score (nSPS) is 11.7. The highest BCUT2D eigenvalue weighted by Crippen LogP contribution is 2.29. The summed E-state index contributed by atoms with van der Waals surface area (Å²) in [4.78, 5) is 17.8. The second-order valence-corrected chi connectivity index (χ2v) is 8.80. The number of nitrogens with one attached hydrogen (secondary N) is 1. The molecule has 0 fully saturated rings. The van der Waals surface area contributed by atoms with E-state index < -0.39 is 0 Å². The Balaban J connectivity index is 1.54. The van der Waals surface area contributed by atoms with Crippen molar-refractivity contribution in [3.63, 3.8) is 0 Å². The van der Waals surface area contributed by atoms with Gasteiger partial charge >= 0.3 is 0 Å². The van der Waals surface area contributed by atoms with Crippen molar-refractivity contribution in [2.45, 2.75) is 26.3 Å². The van der Waals surface area contributed by atoms with Crippen LogP contribution >= 0.6 is 22.9 Å². The fourth-order valence-corrected chi connectivity index (χ4v) is 4.29. The van der Waals surface area contributed by atoms with Gasteiger partial charge in [0.15, 0.2) is 0 Å². The maximum atomic E-state index is 12.6. The van der Waals surface area contributed by atoms with Gasteiger partial charge in [-0.3, -0.25) is 14.5 Å². The minimum Gasteiger partial charge on any atom is -0.319 e. The van der Waals surface area contributed by atoms with E-state index in [4.69, 9.17) is 16.9 Å². The summed E-state index contributed by atoms with van der Waals surface area (Å²) in [7, 11) is 0. The summed E-state index contributed by atoms with van der Waals surface area (Å²) in [6.45, 7) is 4.60. The molecule has 6 nitrogen and oxygen atoms in total. The molecule has 0 aliphatic rings. The first-order valence-corrected chi connectivity index (χ1v) is 11.3. The van der Waals surface area contributed by atoms with E-state index in [-0.39, 0.29) is 11.8 Å². The Morgan fingerprint density at radius 1 is 1.31 bits per heavy atom. The molecule has 160 valence electrons. The number of benzene rings is 1. The molecule has 0 radical (unpaired) electrons. The van der Waals surface area contributed by atoms with Crippen LogP contribution in [0.15, 0.2) is 60.2 Å². The van der Waals surface area contributed by atoms with Crippen LogP contribution in [0.3, 0.4) is 0 Å². The summed E-state index contributed by atoms with van der Waals surface area (Å²) in [6.07, 6.45) is 3.66. The number of nitriles is 1. The van der Waals surface area contributed by atoms with E-state index in [1.807, 2.05) is 47.4 Å². The van der Waals surface area contributed by atoms with Crippen LogP contribution in [-0.4, -0.2) is 20.7 Å². The van der Waals surface area contributed by atoms with Crippen LogP contribution in [0, 0.1) is 18.3 Å². The van der Waals surface area contributed by atoms with E-state index in [2.05, 4.69) is 28.4 Å². The molecule has 0 saturated heterocycles. The number of aryl methyl sites for hydroxylation is 1. The predicted octanol–water partition coefficient (Wildman–Crippen LogP) is 5.90. The van der Waals surface area contributed by atoms with Gasteiger partial charge in [-0.15, -0.1) is 11.3 Å². The zero-order valence-corrected chi connectivity index (χ0v) is 19.1. The van der Waals surface area contributed by atoms with Crippen molar-refractivity contribution in [2.75, 3.05) is 5.32 Å². The SMILES string of the molecule is Cc1ccnc([C@@H](C)Cn2ccc(-c3ccc(C#N)c(Cl)c3)n2)c1NC(=O)c1cccs1. The molecular weight excluding hydrogens is 442 g/mol. The number of hydrogen-bond acceptors (Lipinski definition) is 5. The molecule has 1 aromatic carbocycles. The maximum Gasteiger partial charge on any atom is 0.265 e. The third-order valence-corrected chi connectivity index (χ3v) is 6.31. The molecule has 0 aliphatic heterocycles. The number of halogens is 1. The average molecular weight is 462 g/mol. The lowest BCUT2D eigenvalue weighted by atomic mass is 10.0. The second kappa shape index (κ2) is 9.35. The van der Waals surface area contributed by atoms with Crippen molar-refractivity contribution in [2.24, 2.45) is 0 Å². The number of rotatable bonds is 6. The number of carbonyl (C=O) groups is 1. The Hall–Kier alpha value is -3.47. The third kappa shape index (κ3) is 4.57. The van der Waals surface area contributed by atoms with Gasteiger partial charge < -0.3 is 5.32 Å². The molecule has 1 N–H and O–H groups in total. The molecule has 0 bridgehead atoms. The van der Waals surface area contributed by atoms with E-state index in [1.54, 1.807) is 24.4 Å². The fraction of sp³-hybridized carbons (Fsp3) is 0.167. The summed E-state index contributed by atoms with van der Waals surface area (Å²) >= 11 is 7.57. The van der Waals surface area contributed by atoms with Crippen molar-refractivity contribution in [1.29, 1.82) is 5.26 Å². The van der Waals surface area contributed by atoms with Crippen molar-refractivity contribution >= 4 is 34.5 Å². The first kappa shape index (κ1) is 21.8. The van der Waals surface area contributed by atoms with Crippen LogP contribution in [0.25, 0.3) is 11.3 Å². The van der Waals surface area contributed by atoms with Crippen LogP contribution in [0.4, 0.5) is 5.69 Å². The lowest BCUT2D eigenvalue weighted by Crippen LogP contribution is -2.16. The number of carbonyl (C=O) groups excluding carboxylic acids is 1. The van der Waals surface area contributed by atoms with Crippen LogP contribution in [-0.2, 0) is 6.54 Å². The lowest BCUT2D eigenvalue weighted by molar-refractivity contribution is 0.103. The molecule has 1 amide bonds. The molecule has 8 heteroatoms. The molecule has 0 spiro atoms. The van der Waals surface area contributed by atoms with E-state index in [9.17, 15) is 4.79 Å². The number of amides is 1. The van der Waals surface area contributed by atoms with Crippen LogP contribution < -0.4 is 5.32 Å². The topological polar surface area (TPSA) is 83.6 Å². The Labute approximate surface area is 195 Å². The van der Waals surface area contributed by atoms with Crippen LogP contribution in [0.2, 0.25) is 5.02 Å². The Bertz CT molecular complexity index is 1310. The largest absolute Gasteiger partial charge is 0.319 e. The standard InChI is InChI=1S/C24H20ClN5OS/c1-15-7-9-27-22(23(15)28-24(31)21-4-3-11-32-21)16(2)14-30-10-8-20(29-30)17-5-6-18(13-26)19(25)12-17/h3-12,16H,14H2,1-2H3,(H,28,31)/t16-/m0/s1. The highest BCUT2D eigenvalue weighted by atomic mass is 35.5. The number of hydrogen-bond donors (Lipinski definition) is 1. The zero-order chi connectivity index (χ0) is 22.7. The van der Waals surface area contributed by atoms with E-state index in [0.717, 1.165) is 28.2 Å². The number of nitrogens with zero attached hydrogens (tertiary/aromatic N) is 4. The molecule has 32 heavy (non-hydrogen) atoms. The van der Waals surface area contributed by atoms with E-state index in [0.29, 0.717) is 22.0 Å². The highest BCUT2D eigenvalue weighted by Gasteiger charge is 2.18. The summed E-state index contributed by atoms with van der Waals surface area (Å²) < 4.78 is 1.85. The van der Waals surface area contributed by atoms with Crippen LogP contribution in [0.1, 0.15) is 39.3 Å². The lowest BCUT2D eigenvalue weighted by Gasteiger charge is -2.18. The predicted molar refractivity (Wildman–Crippen MR) is 127 cm³/mol. The second-order valence-electron chi connectivity index (χ2n) is 7.45. The fourth-order valence-electron chi connectivity index (χ4n) is 3.45. The van der Waals surface area contributed by atoms with E-state index >= 15 is 0 Å². The minimum atomic E-state index is -0.136. The summed E-state index contributed by atoms with van der Waals surface area (Å²) in [5.74, 6) is -0.130. The Morgan fingerprint density at radius 2 is 2.16 bits per heavy atom. The molecule has 0 saturated carbocycles. The number of anilines is 1. The molecule has 3 aromatic heterocycles. The molecule has 1 atom stereocenters. The van der Waals surface area contributed by atoms with Gasteiger partial charge in [-0.25, -0.2) is 0 Å². The monoisotopic (exact) mass is 461 g/mol. The smallest absolute Gasteiger partial charge is 0.265 e. The highest BCUT2D eigenvalue weighted by molar-refractivity contribution is 7.12. The van der Waals surface area contributed by atoms with Crippen molar-refractivity contribution in [3.05, 3.63) is 87.0 Å². The van der Waals surface area contributed by atoms with Gasteiger partial charge in [0.1, 0.15) is 6.07 Å². The van der Waals surface area contributed by atoms with Crippen LogP contribution in [0.5, 0.6) is 0 Å². The van der Waals surface area contributed by atoms with Crippen molar-refractivity contribution in [1.82, 2.24) is 14.8 Å². The molecule has 0 unspecified atom stereocenters. The van der Waals surface area contributed by atoms with Gasteiger partial charge in [0.25, 0.3) is 5.91 Å². The van der Waals surface area contributed by atoms with Gasteiger partial charge in [0, 0.05) is 30.4 Å².